The van der Waals surface area contributed by atoms with Crippen molar-refractivity contribution in [2.45, 2.75) is 12.0 Å². The van der Waals surface area contributed by atoms with Gasteiger partial charge in [0.1, 0.15) is 6.61 Å². The lowest BCUT2D eigenvalue weighted by molar-refractivity contribution is 0.132. The Hall–Kier alpha value is -3.11. The number of hydrogen-bond acceptors (Lipinski definition) is 3. The first-order valence-corrected chi connectivity index (χ1v) is 9.05. The van der Waals surface area contributed by atoms with Crippen molar-refractivity contribution in [1.29, 1.82) is 0 Å². The maximum Gasteiger partial charge on any atom is 0.407 e. The first-order valence-electron chi connectivity index (χ1n) is 9.05. The van der Waals surface area contributed by atoms with Crippen molar-refractivity contribution in [1.82, 2.24) is 5.32 Å². The SMILES string of the molecule is O=C(N[C@H](CO)c1ccccc1)OCC1c2ccccc2-c2ccccc21. The zero-order valence-electron chi connectivity index (χ0n) is 14.8. The number of amides is 1. The van der Waals surface area contributed by atoms with E-state index >= 15 is 0 Å². The molecular formula is C23H21NO3. The molecule has 4 heteroatoms. The molecule has 0 aromatic heterocycles. The minimum Gasteiger partial charge on any atom is -0.449 e. The van der Waals surface area contributed by atoms with Crippen molar-refractivity contribution < 1.29 is 14.6 Å². The predicted molar refractivity (Wildman–Crippen MR) is 104 cm³/mol. The van der Waals surface area contributed by atoms with Gasteiger partial charge in [0, 0.05) is 5.92 Å². The summed E-state index contributed by atoms with van der Waals surface area (Å²) in [6.45, 7) is 0.0704. The van der Waals surface area contributed by atoms with Crippen molar-refractivity contribution in [3.63, 3.8) is 0 Å². The molecule has 3 aromatic carbocycles. The van der Waals surface area contributed by atoms with Crippen LogP contribution in [0.2, 0.25) is 0 Å². The van der Waals surface area contributed by atoms with E-state index in [2.05, 4.69) is 29.6 Å². The van der Waals surface area contributed by atoms with Crippen LogP contribution in [0.1, 0.15) is 28.7 Å². The molecule has 0 fully saturated rings. The third kappa shape index (κ3) is 3.44. The second kappa shape index (κ2) is 7.64. The summed E-state index contributed by atoms with van der Waals surface area (Å²) in [6, 6.07) is 25.3. The molecule has 27 heavy (non-hydrogen) atoms. The molecule has 0 unspecified atom stereocenters. The summed E-state index contributed by atoms with van der Waals surface area (Å²) in [6.07, 6.45) is -0.528. The van der Waals surface area contributed by atoms with Gasteiger partial charge in [0.2, 0.25) is 0 Å². The van der Waals surface area contributed by atoms with Gasteiger partial charge in [-0.3, -0.25) is 0 Å². The Morgan fingerprint density at radius 2 is 1.44 bits per heavy atom. The molecule has 4 rings (SSSR count). The van der Waals surface area contributed by atoms with Crippen LogP contribution in [0.4, 0.5) is 4.79 Å². The zero-order valence-corrected chi connectivity index (χ0v) is 14.8. The lowest BCUT2D eigenvalue weighted by Gasteiger charge is -2.18. The summed E-state index contributed by atoms with van der Waals surface area (Å²) >= 11 is 0. The highest BCUT2D eigenvalue weighted by Gasteiger charge is 2.29. The summed E-state index contributed by atoms with van der Waals surface area (Å²) in [7, 11) is 0. The van der Waals surface area contributed by atoms with Gasteiger partial charge in [-0.2, -0.15) is 0 Å². The van der Waals surface area contributed by atoms with E-state index in [1.165, 1.54) is 22.3 Å². The van der Waals surface area contributed by atoms with Crippen molar-refractivity contribution in [3.8, 4) is 11.1 Å². The Bertz CT molecular complexity index is 894. The molecule has 1 aliphatic carbocycles. The number of benzene rings is 3. The van der Waals surface area contributed by atoms with E-state index in [0.717, 1.165) is 5.56 Å². The highest BCUT2D eigenvalue weighted by Crippen LogP contribution is 2.44. The predicted octanol–water partition coefficient (Wildman–Crippen LogP) is 4.26. The maximum atomic E-state index is 12.3. The van der Waals surface area contributed by atoms with Gasteiger partial charge in [-0.1, -0.05) is 78.9 Å². The second-order valence-electron chi connectivity index (χ2n) is 6.62. The van der Waals surface area contributed by atoms with Crippen LogP contribution in [0.25, 0.3) is 11.1 Å². The lowest BCUT2D eigenvalue weighted by atomic mass is 9.98. The number of aliphatic hydroxyl groups excluding tert-OH is 1. The van der Waals surface area contributed by atoms with Crippen molar-refractivity contribution in [3.05, 3.63) is 95.6 Å². The Morgan fingerprint density at radius 1 is 0.889 bits per heavy atom. The molecule has 0 heterocycles. The molecule has 2 N–H and O–H groups in total. The van der Waals surface area contributed by atoms with Gasteiger partial charge in [0.15, 0.2) is 0 Å². The van der Waals surface area contributed by atoms with Gasteiger partial charge in [-0.15, -0.1) is 0 Å². The minimum atomic E-state index is -0.528. The largest absolute Gasteiger partial charge is 0.449 e. The van der Waals surface area contributed by atoms with E-state index in [0.29, 0.717) is 0 Å². The summed E-state index contributed by atoms with van der Waals surface area (Å²) < 4.78 is 5.53. The fraction of sp³-hybridized carbons (Fsp3) is 0.174. The van der Waals surface area contributed by atoms with Gasteiger partial charge in [0.25, 0.3) is 0 Å². The number of hydrogen-bond donors (Lipinski definition) is 2. The van der Waals surface area contributed by atoms with Crippen LogP contribution in [-0.4, -0.2) is 24.4 Å². The average Bonchev–Trinajstić information content (AvgIpc) is 3.05. The summed E-state index contributed by atoms with van der Waals surface area (Å²) in [5.41, 5.74) is 5.58. The number of carbonyl (C=O) groups excluding carboxylic acids is 1. The second-order valence-corrected chi connectivity index (χ2v) is 6.62. The van der Waals surface area contributed by atoms with E-state index in [1.807, 2.05) is 54.6 Å². The Kier molecular flexibility index (Phi) is 4.90. The van der Waals surface area contributed by atoms with E-state index < -0.39 is 12.1 Å². The monoisotopic (exact) mass is 359 g/mol. The first kappa shape index (κ1) is 17.3. The number of rotatable bonds is 5. The first-order chi connectivity index (χ1) is 13.3. The third-order valence-electron chi connectivity index (χ3n) is 5.02. The number of carbonyl (C=O) groups is 1. The van der Waals surface area contributed by atoms with E-state index in [9.17, 15) is 9.90 Å². The highest BCUT2D eigenvalue weighted by molar-refractivity contribution is 5.79. The summed E-state index contributed by atoms with van der Waals surface area (Å²) in [5.74, 6) is 0.0208. The molecule has 0 saturated carbocycles. The normalized spacial score (nSPS) is 13.5. The van der Waals surface area contributed by atoms with Crippen LogP contribution in [0.15, 0.2) is 78.9 Å². The van der Waals surface area contributed by atoms with Gasteiger partial charge in [-0.25, -0.2) is 4.79 Å². The van der Waals surface area contributed by atoms with Crippen molar-refractivity contribution in [2.75, 3.05) is 13.2 Å². The summed E-state index contributed by atoms with van der Waals surface area (Å²) in [5, 5.41) is 12.3. The quantitative estimate of drug-likeness (QED) is 0.716. The van der Waals surface area contributed by atoms with Gasteiger partial charge in [0.05, 0.1) is 12.6 Å². The molecular weight excluding hydrogens is 338 g/mol. The van der Waals surface area contributed by atoms with E-state index in [-0.39, 0.29) is 19.1 Å². The van der Waals surface area contributed by atoms with Crippen LogP contribution >= 0.6 is 0 Å². The fourth-order valence-corrected chi connectivity index (χ4v) is 3.70. The Labute approximate surface area is 158 Å². The van der Waals surface area contributed by atoms with Crippen LogP contribution in [0, 0.1) is 0 Å². The van der Waals surface area contributed by atoms with Crippen molar-refractivity contribution >= 4 is 6.09 Å². The molecule has 0 aliphatic heterocycles. The zero-order chi connectivity index (χ0) is 18.6. The minimum absolute atomic E-state index is 0.0208. The summed E-state index contributed by atoms with van der Waals surface area (Å²) in [4.78, 5) is 12.3. The van der Waals surface area contributed by atoms with E-state index in [4.69, 9.17) is 4.74 Å². The molecule has 0 saturated heterocycles. The molecule has 136 valence electrons. The van der Waals surface area contributed by atoms with Crippen LogP contribution < -0.4 is 5.32 Å². The number of nitrogens with one attached hydrogen (secondary N) is 1. The number of alkyl carbamates (subject to hydrolysis) is 1. The van der Waals surface area contributed by atoms with Crippen LogP contribution in [-0.2, 0) is 4.74 Å². The number of fused-ring (bicyclic) bond motifs is 3. The standard InChI is InChI=1S/C23H21NO3/c25-14-22(16-8-2-1-3-9-16)24-23(26)27-15-21-19-12-6-4-10-17(19)18-11-5-7-13-20(18)21/h1-13,21-22,25H,14-15H2,(H,24,26)/t22-/m1/s1. The van der Waals surface area contributed by atoms with Gasteiger partial charge >= 0.3 is 6.09 Å². The van der Waals surface area contributed by atoms with Crippen LogP contribution in [0.5, 0.6) is 0 Å². The number of ether oxygens (including phenoxy) is 1. The fourth-order valence-electron chi connectivity index (χ4n) is 3.70. The smallest absolute Gasteiger partial charge is 0.407 e. The lowest BCUT2D eigenvalue weighted by Crippen LogP contribution is -2.32. The third-order valence-corrected chi connectivity index (χ3v) is 5.02. The molecule has 0 bridgehead atoms. The average molecular weight is 359 g/mol. The Morgan fingerprint density at radius 3 is 2.04 bits per heavy atom. The molecule has 1 aliphatic rings. The molecule has 4 nitrogen and oxygen atoms in total. The molecule has 1 atom stereocenters. The van der Waals surface area contributed by atoms with Gasteiger partial charge < -0.3 is 15.2 Å². The topological polar surface area (TPSA) is 58.6 Å². The van der Waals surface area contributed by atoms with Crippen LogP contribution in [0.3, 0.4) is 0 Å². The highest BCUT2D eigenvalue weighted by atomic mass is 16.5. The van der Waals surface area contributed by atoms with Crippen molar-refractivity contribution in [2.24, 2.45) is 0 Å². The maximum absolute atomic E-state index is 12.3. The van der Waals surface area contributed by atoms with E-state index in [1.54, 1.807) is 0 Å². The Balaban J connectivity index is 1.46. The van der Waals surface area contributed by atoms with Gasteiger partial charge in [-0.05, 0) is 27.8 Å². The molecule has 3 aromatic rings. The molecule has 0 spiro atoms. The molecule has 0 radical (unpaired) electrons. The molecule has 1 amide bonds. The number of aliphatic hydroxyl groups is 1.